The van der Waals surface area contributed by atoms with E-state index in [1.807, 2.05) is 6.92 Å². The minimum absolute atomic E-state index is 0.0161. The van der Waals surface area contributed by atoms with Gasteiger partial charge in [-0.25, -0.2) is 18.6 Å². The number of aryl methyl sites for hydroxylation is 1. The van der Waals surface area contributed by atoms with Crippen LogP contribution >= 0.6 is 0 Å². The van der Waals surface area contributed by atoms with Gasteiger partial charge in [0.25, 0.3) is 0 Å². The molecule has 4 heterocycles. The van der Waals surface area contributed by atoms with Gasteiger partial charge in [0.2, 0.25) is 0 Å². The summed E-state index contributed by atoms with van der Waals surface area (Å²) in [6, 6.07) is 5.93. The summed E-state index contributed by atoms with van der Waals surface area (Å²) in [7, 11) is 0. The van der Waals surface area contributed by atoms with E-state index in [-0.39, 0.29) is 47.5 Å². The highest BCUT2D eigenvalue weighted by atomic mass is 19.1. The van der Waals surface area contributed by atoms with Gasteiger partial charge in [-0.05, 0) is 69.2 Å². The van der Waals surface area contributed by atoms with E-state index in [2.05, 4.69) is 15.0 Å². The molecular formula is C27H27F2N3O4. The van der Waals surface area contributed by atoms with Crippen LogP contribution in [0, 0.1) is 18.6 Å². The van der Waals surface area contributed by atoms with E-state index in [0.29, 0.717) is 11.3 Å². The number of nitrogens with zero attached hydrogens (tertiary/aromatic N) is 3. The highest BCUT2D eigenvalue weighted by molar-refractivity contribution is 5.87. The fourth-order valence-electron chi connectivity index (χ4n) is 5.81. The molecule has 6 rings (SSSR count). The normalized spacial score (nSPS) is 23.3. The van der Waals surface area contributed by atoms with Crippen molar-refractivity contribution in [2.75, 3.05) is 4.90 Å². The predicted molar refractivity (Wildman–Crippen MR) is 127 cm³/mol. The lowest BCUT2D eigenvalue weighted by Crippen LogP contribution is -2.46. The van der Waals surface area contributed by atoms with Crippen LogP contribution in [0.5, 0.6) is 0 Å². The number of fused-ring (bicyclic) bond motifs is 2. The van der Waals surface area contributed by atoms with Gasteiger partial charge < -0.3 is 19.3 Å². The Morgan fingerprint density at radius 1 is 1.17 bits per heavy atom. The average Bonchev–Trinajstić information content (AvgIpc) is 3.56. The van der Waals surface area contributed by atoms with Crippen molar-refractivity contribution in [2.45, 2.75) is 76.2 Å². The summed E-state index contributed by atoms with van der Waals surface area (Å²) in [6.07, 6.45) is 6.96. The second kappa shape index (κ2) is 8.96. The number of anilines is 1. The molecule has 3 aliphatic rings. The van der Waals surface area contributed by atoms with Crippen LogP contribution in [0.3, 0.4) is 0 Å². The van der Waals surface area contributed by atoms with Crippen molar-refractivity contribution in [3.63, 3.8) is 0 Å². The molecule has 188 valence electrons. The minimum atomic E-state index is -0.985. The van der Waals surface area contributed by atoms with Crippen molar-refractivity contribution >= 4 is 11.8 Å². The first-order chi connectivity index (χ1) is 17.4. The van der Waals surface area contributed by atoms with Gasteiger partial charge in [-0.3, -0.25) is 0 Å². The molecule has 7 nitrogen and oxygen atoms in total. The number of pyridine rings is 1. The molecule has 1 saturated carbocycles. The third kappa shape index (κ3) is 4.05. The maximum absolute atomic E-state index is 14.5. The van der Waals surface area contributed by atoms with Crippen molar-refractivity contribution in [3.05, 3.63) is 64.5 Å². The number of carboxylic acid groups (broad SMARTS) is 1. The van der Waals surface area contributed by atoms with E-state index in [4.69, 9.17) is 9.26 Å². The number of carbonyl (C=O) groups is 1. The highest BCUT2D eigenvalue weighted by Crippen LogP contribution is 2.46. The third-order valence-corrected chi connectivity index (χ3v) is 7.66. The minimum Gasteiger partial charge on any atom is -0.478 e. The van der Waals surface area contributed by atoms with E-state index in [9.17, 15) is 18.7 Å². The van der Waals surface area contributed by atoms with Crippen LogP contribution in [-0.4, -0.2) is 39.4 Å². The first-order valence-corrected chi connectivity index (χ1v) is 12.4. The number of aromatic nitrogens is 2. The molecular weight excluding hydrogens is 468 g/mol. The van der Waals surface area contributed by atoms with Crippen LogP contribution in [0.2, 0.25) is 0 Å². The van der Waals surface area contributed by atoms with Gasteiger partial charge in [0.15, 0.2) is 0 Å². The number of piperidine rings is 1. The average molecular weight is 496 g/mol. The third-order valence-electron chi connectivity index (χ3n) is 7.66. The highest BCUT2D eigenvalue weighted by Gasteiger charge is 2.43. The van der Waals surface area contributed by atoms with Crippen molar-refractivity contribution in [3.8, 4) is 11.3 Å². The molecule has 2 aliphatic heterocycles. The van der Waals surface area contributed by atoms with Crippen molar-refractivity contribution in [1.82, 2.24) is 10.1 Å². The molecule has 0 amide bonds. The molecule has 1 aromatic carbocycles. The first-order valence-electron chi connectivity index (χ1n) is 12.4. The standard InChI is InChI=1S/C27H27F2N3O4/c1-14-9-16(27(33)34)12-30-26(14)32-17-7-8-18(32)11-19(10-17)35-13-20-24(31-36-25(20)15-5-6-15)23-21(28)3-2-4-22(23)29/h2-4,9,12,15,17-19H,5-8,10-11,13H2,1H3,(H,33,34)/t17-,18?,19?/m0/s1. The van der Waals surface area contributed by atoms with Gasteiger partial charge in [0.05, 0.1) is 23.8 Å². The Morgan fingerprint density at radius 2 is 1.86 bits per heavy atom. The Hall–Kier alpha value is -3.33. The number of aromatic carboxylic acids is 1. The van der Waals surface area contributed by atoms with Gasteiger partial charge in [-0.2, -0.15) is 0 Å². The molecule has 3 fully saturated rings. The molecule has 2 saturated heterocycles. The molecule has 0 spiro atoms. The van der Waals surface area contributed by atoms with E-state index in [1.54, 1.807) is 6.07 Å². The van der Waals surface area contributed by atoms with E-state index in [0.717, 1.165) is 49.9 Å². The summed E-state index contributed by atoms with van der Waals surface area (Å²) in [5.41, 5.74) is 1.68. The smallest absolute Gasteiger partial charge is 0.337 e. The number of benzene rings is 1. The largest absolute Gasteiger partial charge is 0.478 e. The van der Waals surface area contributed by atoms with Gasteiger partial charge in [-0.15, -0.1) is 0 Å². The summed E-state index contributed by atoms with van der Waals surface area (Å²) < 4.78 is 41.0. The maximum atomic E-state index is 14.5. The number of hydrogen-bond acceptors (Lipinski definition) is 6. The Labute approximate surface area is 207 Å². The zero-order valence-electron chi connectivity index (χ0n) is 19.9. The van der Waals surface area contributed by atoms with Gasteiger partial charge in [-0.1, -0.05) is 11.2 Å². The number of ether oxygens (including phenoxy) is 1. The zero-order valence-corrected chi connectivity index (χ0v) is 19.9. The molecule has 1 N–H and O–H groups in total. The van der Waals surface area contributed by atoms with Crippen LogP contribution in [0.1, 0.15) is 71.7 Å². The zero-order chi connectivity index (χ0) is 25.0. The number of carboxylic acids is 1. The maximum Gasteiger partial charge on any atom is 0.337 e. The Balaban J connectivity index is 1.20. The molecule has 0 radical (unpaired) electrons. The Bertz CT molecular complexity index is 1290. The van der Waals surface area contributed by atoms with Gasteiger partial charge in [0, 0.05) is 29.8 Å². The molecule has 9 heteroatoms. The van der Waals surface area contributed by atoms with Crippen molar-refractivity contribution in [2.24, 2.45) is 0 Å². The number of halogens is 2. The fourth-order valence-corrected chi connectivity index (χ4v) is 5.81. The Kier molecular flexibility index (Phi) is 5.75. The second-order valence-electron chi connectivity index (χ2n) is 10.1. The van der Waals surface area contributed by atoms with Gasteiger partial charge >= 0.3 is 5.97 Å². The summed E-state index contributed by atoms with van der Waals surface area (Å²) >= 11 is 0. The molecule has 3 atom stereocenters. The quantitative estimate of drug-likeness (QED) is 0.455. The molecule has 2 bridgehead atoms. The van der Waals surface area contributed by atoms with Crippen LogP contribution in [0.4, 0.5) is 14.6 Å². The fraction of sp³-hybridized carbons (Fsp3) is 0.444. The SMILES string of the molecule is Cc1cc(C(=O)O)cnc1N1C2CC[C@H]1CC(OCc1c(-c3c(F)cccc3F)noc1C1CC1)C2. The van der Waals surface area contributed by atoms with Crippen LogP contribution in [0.25, 0.3) is 11.3 Å². The summed E-state index contributed by atoms with van der Waals surface area (Å²) in [5, 5.41) is 13.3. The molecule has 36 heavy (non-hydrogen) atoms. The molecule has 2 unspecified atom stereocenters. The Morgan fingerprint density at radius 3 is 2.47 bits per heavy atom. The lowest BCUT2D eigenvalue weighted by atomic mass is 9.98. The van der Waals surface area contributed by atoms with Crippen LogP contribution in [-0.2, 0) is 11.3 Å². The van der Waals surface area contributed by atoms with Crippen LogP contribution < -0.4 is 4.90 Å². The summed E-state index contributed by atoms with van der Waals surface area (Å²) in [5.74, 6) is -0.600. The molecule has 3 aromatic rings. The number of rotatable bonds is 7. The molecule has 1 aliphatic carbocycles. The molecule has 2 aromatic heterocycles. The monoisotopic (exact) mass is 495 g/mol. The lowest BCUT2D eigenvalue weighted by molar-refractivity contribution is 0.0145. The van der Waals surface area contributed by atoms with E-state index >= 15 is 0 Å². The summed E-state index contributed by atoms with van der Waals surface area (Å²) in [4.78, 5) is 18.1. The van der Waals surface area contributed by atoms with Gasteiger partial charge in [0.1, 0.15) is 28.9 Å². The van der Waals surface area contributed by atoms with Crippen LogP contribution in [0.15, 0.2) is 35.0 Å². The predicted octanol–water partition coefficient (Wildman–Crippen LogP) is 5.62. The van der Waals surface area contributed by atoms with Crippen molar-refractivity contribution in [1.29, 1.82) is 0 Å². The van der Waals surface area contributed by atoms with Crippen molar-refractivity contribution < 1.29 is 27.9 Å². The number of hydrogen-bond donors (Lipinski definition) is 1. The van der Waals surface area contributed by atoms with E-state index < -0.39 is 17.6 Å². The second-order valence-corrected chi connectivity index (χ2v) is 10.1. The van der Waals surface area contributed by atoms with E-state index in [1.165, 1.54) is 24.4 Å². The first kappa shape index (κ1) is 23.1. The topological polar surface area (TPSA) is 88.7 Å². The summed E-state index contributed by atoms with van der Waals surface area (Å²) in [6.45, 7) is 2.08. The lowest BCUT2D eigenvalue weighted by Gasteiger charge is -2.40.